The first kappa shape index (κ1) is 17.5. The number of halogens is 1. The summed E-state index contributed by atoms with van der Waals surface area (Å²) in [7, 11) is 0. The van der Waals surface area contributed by atoms with E-state index in [9.17, 15) is 4.79 Å². The highest BCUT2D eigenvalue weighted by Gasteiger charge is 2.24. The van der Waals surface area contributed by atoms with Gasteiger partial charge in [-0.15, -0.1) is 10.2 Å². The third-order valence-electron chi connectivity index (χ3n) is 4.25. The number of piperazine rings is 1. The highest BCUT2D eigenvalue weighted by molar-refractivity contribution is 9.10. The molecule has 0 atom stereocenters. The van der Waals surface area contributed by atoms with Gasteiger partial charge in [-0.3, -0.25) is 4.79 Å². The predicted octanol–water partition coefficient (Wildman–Crippen LogP) is 2.93. The lowest BCUT2D eigenvalue weighted by Crippen LogP contribution is -2.49. The Kier molecular flexibility index (Phi) is 5.01. The molecule has 1 amide bonds. The maximum absolute atomic E-state index is 12.4. The summed E-state index contributed by atoms with van der Waals surface area (Å²) in [5.41, 5.74) is 0. The van der Waals surface area contributed by atoms with Crippen LogP contribution in [0.5, 0.6) is 0 Å². The van der Waals surface area contributed by atoms with E-state index < -0.39 is 0 Å². The zero-order valence-corrected chi connectivity index (χ0v) is 16.0. The van der Waals surface area contributed by atoms with Crippen LogP contribution in [0.15, 0.2) is 57.7 Å². The van der Waals surface area contributed by atoms with Crippen LogP contribution in [0.1, 0.15) is 10.6 Å². The summed E-state index contributed by atoms with van der Waals surface area (Å²) in [5, 5.41) is 11.6. The summed E-state index contributed by atoms with van der Waals surface area (Å²) in [5.74, 6) is 2.39. The number of nitrogens with zero attached hydrogens (tertiary/aromatic N) is 5. The second kappa shape index (κ2) is 7.75. The summed E-state index contributed by atoms with van der Waals surface area (Å²) < 4.78 is 5.90. The number of hydrogen-bond donors (Lipinski definition) is 1. The van der Waals surface area contributed by atoms with E-state index in [0.717, 1.165) is 11.6 Å². The van der Waals surface area contributed by atoms with Gasteiger partial charge in [-0.25, -0.2) is 4.98 Å². The molecule has 4 heterocycles. The normalized spacial score (nSPS) is 14.3. The van der Waals surface area contributed by atoms with E-state index >= 15 is 0 Å². The van der Waals surface area contributed by atoms with Crippen molar-refractivity contribution in [1.29, 1.82) is 0 Å². The Morgan fingerprint density at radius 2 is 1.85 bits per heavy atom. The molecular formula is C18H17BrN6O2. The van der Waals surface area contributed by atoms with Gasteiger partial charge in [0.2, 0.25) is 0 Å². The molecule has 0 radical (unpaired) electrons. The summed E-state index contributed by atoms with van der Waals surface area (Å²) in [6.45, 7) is 2.59. The first-order chi connectivity index (χ1) is 13.2. The summed E-state index contributed by atoms with van der Waals surface area (Å²) in [4.78, 5) is 20.5. The van der Waals surface area contributed by atoms with Crippen molar-refractivity contribution in [2.45, 2.75) is 0 Å². The molecule has 0 saturated carbocycles. The summed E-state index contributed by atoms with van der Waals surface area (Å²) in [6.07, 6.45) is 1.71. The van der Waals surface area contributed by atoms with Gasteiger partial charge in [-0.2, -0.15) is 0 Å². The van der Waals surface area contributed by atoms with Gasteiger partial charge in [0.25, 0.3) is 5.91 Å². The van der Waals surface area contributed by atoms with E-state index in [2.05, 4.69) is 41.3 Å². The van der Waals surface area contributed by atoms with Gasteiger partial charge in [0, 0.05) is 32.4 Å². The minimum atomic E-state index is -0.0960. The van der Waals surface area contributed by atoms with E-state index in [4.69, 9.17) is 4.42 Å². The molecule has 1 aliphatic rings. The van der Waals surface area contributed by atoms with E-state index in [1.165, 1.54) is 0 Å². The standard InChI is InChI=1S/C18H17BrN6O2/c19-14-5-4-13(27-14)18(26)25-11-9-24(10-12-25)17-7-6-16(22-23-17)21-15-3-1-2-8-20-15/h1-8H,9-12H2,(H,20,21,22). The summed E-state index contributed by atoms with van der Waals surface area (Å²) in [6, 6.07) is 12.8. The van der Waals surface area contributed by atoms with Crippen molar-refractivity contribution < 1.29 is 9.21 Å². The van der Waals surface area contributed by atoms with Crippen LogP contribution in [-0.2, 0) is 0 Å². The van der Waals surface area contributed by atoms with Crippen molar-refractivity contribution in [2.75, 3.05) is 36.4 Å². The van der Waals surface area contributed by atoms with E-state index in [1.807, 2.05) is 30.3 Å². The van der Waals surface area contributed by atoms with Crippen LogP contribution >= 0.6 is 15.9 Å². The molecule has 0 aliphatic carbocycles. The Bertz CT molecular complexity index is 907. The lowest BCUT2D eigenvalue weighted by Gasteiger charge is -2.34. The number of carbonyl (C=O) groups excluding carboxylic acids is 1. The topological polar surface area (TPSA) is 87.4 Å². The highest BCUT2D eigenvalue weighted by Crippen LogP contribution is 2.19. The largest absolute Gasteiger partial charge is 0.444 e. The molecule has 1 saturated heterocycles. The van der Waals surface area contributed by atoms with Gasteiger partial charge < -0.3 is 19.5 Å². The van der Waals surface area contributed by atoms with Crippen LogP contribution < -0.4 is 10.2 Å². The maximum atomic E-state index is 12.4. The van der Waals surface area contributed by atoms with E-state index in [1.54, 1.807) is 23.2 Å². The van der Waals surface area contributed by atoms with Gasteiger partial charge in [0.1, 0.15) is 5.82 Å². The van der Waals surface area contributed by atoms with Crippen molar-refractivity contribution in [3.63, 3.8) is 0 Å². The van der Waals surface area contributed by atoms with Crippen molar-refractivity contribution in [2.24, 2.45) is 0 Å². The smallest absolute Gasteiger partial charge is 0.289 e. The van der Waals surface area contributed by atoms with Gasteiger partial charge in [-0.1, -0.05) is 6.07 Å². The number of pyridine rings is 1. The molecule has 27 heavy (non-hydrogen) atoms. The zero-order chi connectivity index (χ0) is 18.6. The number of aromatic nitrogens is 3. The molecule has 1 fully saturated rings. The Morgan fingerprint density at radius 1 is 1.00 bits per heavy atom. The highest BCUT2D eigenvalue weighted by atomic mass is 79.9. The van der Waals surface area contributed by atoms with Gasteiger partial charge in [-0.05, 0) is 52.3 Å². The first-order valence-corrected chi connectivity index (χ1v) is 9.30. The lowest BCUT2D eigenvalue weighted by molar-refractivity contribution is 0.0713. The monoisotopic (exact) mass is 428 g/mol. The fraction of sp³-hybridized carbons (Fsp3) is 0.222. The molecule has 1 N–H and O–H groups in total. The molecule has 3 aromatic rings. The molecule has 0 unspecified atom stereocenters. The molecular weight excluding hydrogens is 412 g/mol. The Hall–Kier alpha value is -2.94. The molecule has 138 valence electrons. The third-order valence-corrected chi connectivity index (χ3v) is 4.67. The molecule has 8 nitrogen and oxygen atoms in total. The van der Waals surface area contributed by atoms with Crippen LogP contribution in [0.4, 0.5) is 17.5 Å². The fourth-order valence-electron chi connectivity index (χ4n) is 2.85. The van der Waals surface area contributed by atoms with Crippen molar-refractivity contribution >= 4 is 39.3 Å². The van der Waals surface area contributed by atoms with Crippen LogP contribution in [0.25, 0.3) is 0 Å². The fourth-order valence-corrected chi connectivity index (χ4v) is 3.16. The van der Waals surface area contributed by atoms with Crippen molar-refractivity contribution in [3.05, 3.63) is 59.1 Å². The Labute approximate surface area is 164 Å². The van der Waals surface area contributed by atoms with Crippen molar-refractivity contribution in [1.82, 2.24) is 20.1 Å². The van der Waals surface area contributed by atoms with Crippen LogP contribution in [0.3, 0.4) is 0 Å². The summed E-state index contributed by atoms with van der Waals surface area (Å²) >= 11 is 3.22. The number of nitrogens with one attached hydrogen (secondary N) is 1. The molecule has 0 aromatic carbocycles. The second-order valence-electron chi connectivity index (χ2n) is 6.00. The number of amides is 1. The molecule has 0 spiro atoms. The second-order valence-corrected chi connectivity index (χ2v) is 6.78. The van der Waals surface area contributed by atoms with Gasteiger partial charge >= 0.3 is 0 Å². The van der Waals surface area contributed by atoms with Crippen LogP contribution in [0.2, 0.25) is 0 Å². The zero-order valence-electron chi connectivity index (χ0n) is 14.4. The van der Waals surface area contributed by atoms with Gasteiger partial charge in [0.05, 0.1) is 0 Å². The number of anilines is 3. The lowest BCUT2D eigenvalue weighted by atomic mass is 10.3. The third kappa shape index (κ3) is 4.08. The number of furan rings is 1. The minimum Gasteiger partial charge on any atom is -0.444 e. The van der Waals surface area contributed by atoms with Gasteiger partial charge in [0.15, 0.2) is 22.1 Å². The van der Waals surface area contributed by atoms with Crippen molar-refractivity contribution in [3.8, 4) is 0 Å². The molecule has 4 rings (SSSR count). The number of hydrogen-bond acceptors (Lipinski definition) is 7. The SMILES string of the molecule is O=C(c1ccc(Br)o1)N1CCN(c2ccc(Nc3ccccn3)nn2)CC1. The Balaban J connectivity index is 1.35. The van der Waals surface area contributed by atoms with Crippen LogP contribution in [-0.4, -0.2) is 52.2 Å². The number of carbonyl (C=O) groups is 1. The molecule has 3 aromatic heterocycles. The predicted molar refractivity (Wildman–Crippen MR) is 104 cm³/mol. The van der Waals surface area contributed by atoms with Crippen LogP contribution in [0, 0.1) is 0 Å². The maximum Gasteiger partial charge on any atom is 0.289 e. The molecule has 0 bridgehead atoms. The minimum absolute atomic E-state index is 0.0960. The Morgan fingerprint density at radius 3 is 2.48 bits per heavy atom. The quantitative estimate of drug-likeness (QED) is 0.683. The average Bonchev–Trinajstić information content (AvgIpc) is 3.15. The van der Waals surface area contributed by atoms with E-state index in [-0.39, 0.29) is 5.91 Å². The van der Waals surface area contributed by atoms with E-state index in [0.29, 0.717) is 42.4 Å². The molecule has 1 aliphatic heterocycles. The number of rotatable bonds is 4. The first-order valence-electron chi connectivity index (χ1n) is 8.50. The average molecular weight is 429 g/mol. The molecule has 9 heteroatoms.